The molecule has 0 amide bonds. The highest BCUT2D eigenvalue weighted by molar-refractivity contribution is 7.89. The van der Waals surface area contributed by atoms with E-state index in [4.69, 9.17) is 11.3 Å². The molecule has 222 valence electrons. The first-order valence-electron chi connectivity index (χ1n) is 13.4. The van der Waals surface area contributed by atoms with Gasteiger partial charge in [-0.15, -0.1) is 10.2 Å². The fourth-order valence-electron chi connectivity index (χ4n) is 4.84. The van der Waals surface area contributed by atoms with Crippen LogP contribution in [0.5, 0.6) is 0 Å². The summed E-state index contributed by atoms with van der Waals surface area (Å²) in [5.41, 5.74) is 0.434. The Kier molecular flexibility index (Phi) is 8.22. The number of nitrogens with zero attached hydrogens (tertiary/aromatic N) is 7. The third-order valence-corrected chi connectivity index (χ3v) is 11.8. The van der Waals surface area contributed by atoms with Crippen LogP contribution in [-0.4, -0.2) is 86.0 Å². The van der Waals surface area contributed by atoms with Gasteiger partial charge in [0.2, 0.25) is 0 Å². The second-order valence-electron chi connectivity index (χ2n) is 11.6. The molecule has 1 N–H and O–H groups in total. The highest BCUT2D eigenvalue weighted by Crippen LogP contribution is 2.47. The van der Waals surface area contributed by atoms with E-state index < -0.39 is 35.2 Å². The van der Waals surface area contributed by atoms with Crippen LogP contribution in [0.3, 0.4) is 0 Å². The minimum absolute atomic E-state index is 0.00453. The molecule has 0 unspecified atom stereocenters. The number of nitrogens with one attached hydrogen (secondary N) is 1. The number of ether oxygens (including phenoxy) is 1. The average Bonchev–Trinajstić information content (AvgIpc) is 3.41. The standard InChI is InChI=1S/C25H34F2N8O3S2Si/c1-28-25(6-7-25)35(16-38-12-13-41(3,4)5)40(36,37)17-14-18-20(23-30-31-24(39-23)22(26)27)32-33(2)21(18)19(15-17)34-10-8-29-9-11-34/h14-15,22,29H,6-13,16H2,2-5H3. The topological polar surface area (TPSA) is 110 Å². The molecule has 11 nitrogen and oxygen atoms in total. The Morgan fingerprint density at radius 2 is 1.95 bits per heavy atom. The van der Waals surface area contributed by atoms with Crippen LogP contribution in [0.4, 0.5) is 14.5 Å². The van der Waals surface area contributed by atoms with E-state index in [1.165, 1.54) is 10.4 Å². The van der Waals surface area contributed by atoms with Crippen molar-refractivity contribution in [3.05, 3.63) is 28.6 Å². The quantitative estimate of drug-likeness (QED) is 0.147. The Bertz CT molecular complexity index is 1570. The summed E-state index contributed by atoms with van der Waals surface area (Å²) in [7, 11) is -3.87. The van der Waals surface area contributed by atoms with Crippen molar-refractivity contribution in [1.82, 2.24) is 29.6 Å². The SMILES string of the molecule is [C-]#[N+]C1(N(COCC[Si](C)(C)C)S(=O)(=O)c2cc(N3CCNCC3)c3c(c2)c(-c2nnc(C(F)F)s2)nn3C)CC1. The molecule has 0 bridgehead atoms. The minimum atomic E-state index is -4.20. The maximum Gasteiger partial charge on any atom is 0.303 e. The zero-order valence-corrected chi connectivity index (χ0v) is 26.2. The summed E-state index contributed by atoms with van der Waals surface area (Å²) >= 11 is 0.729. The van der Waals surface area contributed by atoms with Crippen molar-refractivity contribution in [3.63, 3.8) is 0 Å². The number of aryl methyl sites for hydroxylation is 1. The number of sulfonamides is 1. The molecule has 5 rings (SSSR count). The van der Waals surface area contributed by atoms with Crippen molar-refractivity contribution in [2.75, 3.05) is 44.4 Å². The molecule has 1 aliphatic carbocycles. The number of alkyl halides is 2. The summed E-state index contributed by atoms with van der Waals surface area (Å²) < 4.78 is 64.0. The van der Waals surface area contributed by atoms with Crippen molar-refractivity contribution < 1.29 is 21.9 Å². The van der Waals surface area contributed by atoms with Crippen LogP contribution >= 0.6 is 11.3 Å². The predicted molar refractivity (Wildman–Crippen MR) is 156 cm³/mol. The second-order valence-corrected chi connectivity index (χ2v) is 20.1. The number of halogens is 2. The monoisotopic (exact) mass is 624 g/mol. The van der Waals surface area contributed by atoms with Gasteiger partial charge >= 0.3 is 5.66 Å². The van der Waals surface area contributed by atoms with Crippen molar-refractivity contribution in [1.29, 1.82) is 0 Å². The third-order valence-electron chi connectivity index (χ3n) is 7.34. The van der Waals surface area contributed by atoms with Gasteiger partial charge in [0.05, 0.1) is 28.9 Å². The normalized spacial score (nSPS) is 17.5. The van der Waals surface area contributed by atoms with E-state index in [1.807, 2.05) is 0 Å². The molecule has 3 aromatic rings. The second kappa shape index (κ2) is 11.3. The number of fused-ring (bicyclic) bond motifs is 1. The van der Waals surface area contributed by atoms with Crippen molar-refractivity contribution in [3.8, 4) is 10.7 Å². The van der Waals surface area contributed by atoms with Crippen LogP contribution in [0.2, 0.25) is 25.7 Å². The van der Waals surface area contributed by atoms with E-state index in [1.54, 1.807) is 17.8 Å². The molecule has 3 heterocycles. The number of hydrogen-bond acceptors (Lipinski definition) is 9. The number of anilines is 1. The largest absolute Gasteiger partial charge is 0.367 e. The van der Waals surface area contributed by atoms with Crippen LogP contribution in [0, 0.1) is 6.57 Å². The molecular formula is C25H34F2N8O3S2Si. The first-order valence-corrected chi connectivity index (χ1v) is 19.4. The van der Waals surface area contributed by atoms with Gasteiger partial charge in [-0.05, 0) is 18.2 Å². The summed E-state index contributed by atoms with van der Waals surface area (Å²) in [6, 6.07) is 4.01. The van der Waals surface area contributed by atoms with Crippen molar-refractivity contribution in [2.45, 2.75) is 55.5 Å². The van der Waals surface area contributed by atoms with Crippen LogP contribution in [0.15, 0.2) is 17.0 Å². The molecule has 16 heteroatoms. The van der Waals surface area contributed by atoms with E-state index in [2.05, 4.69) is 50.0 Å². The van der Waals surface area contributed by atoms with Crippen LogP contribution < -0.4 is 10.2 Å². The van der Waals surface area contributed by atoms with Crippen LogP contribution in [-0.2, 0) is 21.8 Å². The van der Waals surface area contributed by atoms with E-state index in [9.17, 15) is 17.2 Å². The summed E-state index contributed by atoms with van der Waals surface area (Å²) in [5, 5.41) is 15.6. The van der Waals surface area contributed by atoms with Gasteiger partial charge in [0.15, 0.2) is 10.0 Å². The third kappa shape index (κ3) is 6.01. The van der Waals surface area contributed by atoms with Gasteiger partial charge < -0.3 is 15.0 Å². The fraction of sp³-hybridized carbons (Fsp3) is 0.600. The molecule has 2 aliphatic rings. The first-order chi connectivity index (χ1) is 19.4. The van der Waals surface area contributed by atoms with Gasteiger partial charge in [0.1, 0.15) is 12.4 Å². The maximum absolute atomic E-state index is 14.3. The fourth-order valence-corrected chi connectivity index (χ4v) is 7.96. The molecule has 41 heavy (non-hydrogen) atoms. The molecule has 0 spiro atoms. The minimum Gasteiger partial charge on any atom is -0.367 e. The Hall–Kier alpha value is -2.55. The van der Waals surface area contributed by atoms with E-state index in [0.717, 1.165) is 30.5 Å². The highest BCUT2D eigenvalue weighted by atomic mass is 32.2. The Balaban J connectivity index is 1.63. The lowest BCUT2D eigenvalue weighted by Gasteiger charge is -2.31. The Morgan fingerprint density at radius 3 is 2.54 bits per heavy atom. The number of benzene rings is 1. The summed E-state index contributed by atoms with van der Waals surface area (Å²) in [4.78, 5) is 5.80. The molecule has 1 saturated carbocycles. The van der Waals surface area contributed by atoms with Gasteiger partial charge in [-0.1, -0.05) is 35.3 Å². The molecule has 1 aliphatic heterocycles. The van der Waals surface area contributed by atoms with Gasteiger partial charge in [-0.25, -0.2) is 23.8 Å². The van der Waals surface area contributed by atoms with Crippen molar-refractivity contribution in [2.24, 2.45) is 7.05 Å². The molecule has 2 aromatic heterocycles. The zero-order chi connectivity index (χ0) is 29.6. The number of rotatable bonds is 11. The molecule has 0 atom stereocenters. The number of piperazine rings is 1. The van der Waals surface area contributed by atoms with Gasteiger partial charge in [0, 0.05) is 53.3 Å². The predicted octanol–water partition coefficient (Wildman–Crippen LogP) is 4.15. The van der Waals surface area contributed by atoms with Gasteiger partial charge in [-0.2, -0.15) is 5.10 Å². The lowest BCUT2D eigenvalue weighted by atomic mass is 10.1. The van der Waals surface area contributed by atoms with Gasteiger partial charge in [-0.3, -0.25) is 9.53 Å². The Morgan fingerprint density at radius 1 is 1.24 bits per heavy atom. The molecule has 1 saturated heterocycles. The van der Waals surface area contributed by atoms with Crippen molar-refractivity contribution >= 4 is 46.0 Å². The molecular weight excluding hydrogens is 591 g/mol. The summed E-state index contributed by atoms with van der Waals surface area (Å²) in [6.07, 6.45) is -1.92. The number of hydrogen-bond donors (Lipinski definition) is 1. The van der Waals surface area contributed by atoms with Gasteiger partial charge in [0.25, 0.3) is 16.4 Å². The first kappa shape index (κ1) is 29.9. The lowest BCUT2D eigenvalue weighted by molar-refractivity contribution is 0.0642. The van der Waals surface area contributed by atoms with E-state index >= 15 is 0 Å². The Labute approximate surface area is 243 Å². The number of aromatic nitrogens is 4. The lowest BCUT2D eigenvalue weighted by Crippen LogP contribution is -2.44. The highest BCUT2D eigenvalue weighted by Gasteiger charge is 2.61. The average molecular weight is 625 g/mol. The summed E-state index contributed by atoms with van der Waals surface area (Å²) in [6.45, 7) is 17.4. The molecule has 2 fully saturated rings. The van der Waals surface area contributed by atoms with Crippen LogP contribution in [0.25, 0.3) is 26.4 Å². The molecule has 0 radical (unpaired) electrons. The van der Waals surface area contributed by atoms with Crippen LogP contribution in [0.1, 0.15) is 24.3 Å². The molecule has 1 aromatic carbocycles. The van der Waals surface area contributed by atoms with E-state index in [0.29, 0.717) is 49.1 Å². The smallest absolute Gasteiger partial charge is 0.303 e. The van der Waals surface area contributed by atoms with E-state index in [-0.39, 0.29) is 22.3 Å². The summed E-state index contributed by atoms with van der Waals surface area (Å²) in [5.74, 6) is 0. The maximum atomic E-state index is 14.3. The zero-order valence-electron chi connectivity index (χ0n) is 23.5.